The van der Waals surface area contributed by atoms with Crippen LogP contribution in [0, 0.1) is 5.92 Å². The fourth-order valence-corrected chi connectivity index (χ4v) is 3.20. The van der Waals surface area contributed by atoms with Gasteiger partial charge >= 0.3 is 6.18 Å². The van der Waals surface area contributed by atoms with Gasteiger partial charge in [-0.1, -0.05) is 12.1 Å². The molecule has 0 unspecified atom stereocenters. The zero-order valence-corrected chi connectivity index (χ0v) is 18.9. The summed E-state index contributed by atoms with van der Waals surface area (Å²) in [5.41, 5.74) is -0.780. The zero-order valence-electron chi connectivity index (χ0n) is 16.6. The molecule has 164 valence electrons. The first-order valence-electron chi connectivity index (χ1n) is 9.30. The Bertz CT molecular complexity index is 678. The Morgan fingerprint density at radius 3 is 2.52 bits per heavy atom. The van der Waals surface area contributed by atoms with Crippen molar-refractivity contribution in [3.05, 3.63) is 29.8 Å². The predicted molar refractivity (Wildman–Crippen MR) is 117 cm³/mol. The summed E-state index contributed by atoms with van der Waals surface area (Å²) < 4.78 is 44.2. The third kappa shape index (κ3) is 7.90. The summed E-state index contributed by atoms with van der Waals surface area (Å²) in [4.78, 5) is 17.8. The highest BCUT2D eigenvalue weighted by atomic mass is 127. The van der Waals surface area contributed by atoms with E-state index in [4.69, 9.17) is 4.74 Å². The monoisotopic (exact) mass is 528 g/mol. The molecular weight excluding hydrogens is 500 g/mol. The molecule has 10 heteroatoms. The number of nitrogens with zero attached hydrogens (tertiary/aromatic N) is 2. The first-order chi connectivity index (χ1) is 13.3. The molecule has 0 atom stereocenters. The van der Waals surface area contributed by atoms with E-state index in [2.05, 4.69) is 20.5 Å². The minimum atomic E-state index is -4.45. The van der Waals surface area contributed by atoms with Crippen LogP contribution in [-0.4, -0.2) is 57.1 Å². The summed E-state index contributed by atoms with van der Waals surface area (Å²) in [5.74, 6) is 0.918. The van der Waals surface area contributed by atoms with Crippen LogP contribution in [0.3, 0.4) is 0 Å². The Morgan fingerprint density at radius 2 is 1.93 bits per heavy atom. The van der Waals surface area contributed by atoms with Gasteiger partial charge in [-0.3, -0.25) is 9.79 Å². The van der Waals surface area contributed by atoms with E-state index in [1.807, 2.05) is 0 Å². The fraction of sp³-hybridized carbons (Fsp3) is 0.579. The lowest BCUT2D eigenvalue weighted by Crippen LogP contribution is -2.47. The van der Waals surface area contributed by atoms with Crippen LogP contribution in [-0.2, 0) is 11.0 Å². The van der Waals surface area contributed by atoms with Crippen LogP contribution >= 0.6 is 24.0 Å². The summed E-state index contributed by atoms with van der Waals surface area (Å²) in [6, 6.07) is 5.17. The zero-order chi connectivity index (χ0) is 20.6. The van der Waals surface area contributed by atoms with Crippen LogP contribution in [0.15, 0.2) is 29.3 Å². The minimum Gasteiger partial charge on any atom is -0.491 e. The van der Waals surface area contributed by atoms with Crippen LogP contribution in [0.1, 0.15) is 24.8 Å². The highest BCUT2D eigenvalue weighted by molar-refractivity contribution is 14.0. The average Bonchev–Trinajstić information content (AvgIpc) is 2.68. The predicted octanol–water partition coefficient (Wildman–Crippen LogP) is 3.13. The molecule has 2 N–H and O–H groups in total. The van der Waals surface area contributed by atoms with Gasteiger partial charge in [-0.05, 0) is 30.9 Å². The van der Waals surface area contributed by atoms with Crippen LogP contribution in [0.25, 0.3) is 0 Å². The molecule has 0 radical (unpaired) electrons. The van der Waals surface area contributed by atoms with Gasteiger partial charge in [0.1, 0.15) is 12.4 Å². The minimum absolute atomic E-state index is 0. The standard InChI is InChI=1S/C19H27F3N4O2.HI/c1-23-17(27)13-14-7-10-26(11-8-14)18(24-2)25-9-12-28-16-6-4-3-5-15(16)19(20,21)22;/h3-6,14H,7-13H2,1-2H3,(H,23,27)(H,24,25);1H. The van der Waals surface area contributed by atoms with Crippen molar-refractivity contribution in [2.45, 2.75) is 25.4 Å². The van der Waals surface area contributed by atoms with Gasteiger partial charge in [0.2, 0.25) is 5.91 Å². The third-order valence-electron chi connectivity index (χ3n) is 4.71. The first-order valence-corrected chi connectivity index (χ1v) is 9.30. The number of para-hydroxylation sites is 1. The molecule has 1 aromatic rings. The molecule has 1 fully saturated rings. The Balaban J connectivity index is 0.00000420. The fourth-order valence-electron chi connectivity index (χ4n) is 3.20. The van der Waals surface area contributed by atoms with E-state index in [9.17, 15) is 18.0 Å². The van der Waals surface area contributed by atoms with E-state index in [1.54, 1.807) is 14.1 Å². The molecule has 0 aliphatic carbocycles. The van der Waals surface area contributed by atoms with Crippen molar-refractivity contribution in [3.63, 3.8) is 0 Å². The van der Waals surface area contributed by atoms with Gasteiger partial charge in [0.25, 0.3) is 0 Å². The molecule has 0 aromatic heterocycles. The van der Waals surface area contributed by atoms with E-state index < -0.39 is 11.7 Å². The number of ether oxygens (including phenoxy) is 1. The largest absolute Gasteiger partial charge is 0.491 e. The van der Waals surface area contributed by atoms with E-state index in [0.29, 0.717) is 24.8 Å². The summed E-state index contributed by atoms with van der Waals surface area (Å²) in [7, 11) is 3.30. The topological polar surface area (TPSA) is 66.0 Å². The van der Waals surface area contributed by atoms with Crippen molar-refractivity contribution in [2.75, 3.05) is 40.3 Å². The number of aliphatic imine (C=N–C) groups is 1. The Morgan fingerprint density at radius 1 is 1.28 bits per heavy atom. The third-order valence-corrected chi connectivity index (χ3v) is 4.71. The van der Waals surface area contributed by atoms with Gasteiger partial charge in [0.15, 0.2) is 5.96 Å². The molecule has 1 aliphatic rings. The molecule has 29 heavy (non-hydrogen) atoms. The summed E-state index contributed by atoms with van der Waals surface area (Å²) in [5, 5.41) is 5.77. The van der Waals surface area contributed by atoms with Gasteiger partial charge in [-0.25, -0.2) is 0 Å². The molecule has 0 spiro atoms. The van der Waals surface area contributed by atoms with E-state index in [1.165, 1.54) is 18.2 Å². The number of hydrogen-bond donors (Lipinski definition) is 2. The molecule has 0 bridgehead atoms. The van der Waals surface area contributed by atoms with Crippen LogP contribution < -0.4 is 15.4 Å². The number of hydrogen-bond acceptors (Lipinski definition) is 3. The van der Waals surface area contributed by atoms with Gasteiger partial charge in [0.05, 0.1) is 12.1 Å². The van der Waals surface area contributed by atoms with Crippen molar-refractivity contribution < 1.29 is 22.7 Å². The number of halogens is 4. The number of rotatable bonds is 6. The Hall–Kier alpha value is -1.72. The van der Waals surface area contributed by atoms with Gasteiger partial charge in [-0.2, -0.15) is 13.2 Å². The number of carbonyl (C=O) groups excluding carboxylic acids is 1. The normalized spacial score (nSPS) is 15.5. The Labute approximate surface area is 186 Å². The van der Waals surface area contributed by atoms with Crippen LogP contribution in [0.5, 0.6) is 5.75 Å². The second kappa shape index (κ2) is 12.1. The lowest BCUT2D eigenvalue weighted by molar-refractivity contribution is -0.139. The SMILES string of the molecule is CN=C(NCCOc1ccccc1C(F)(F)F)N1CCC(CC(=O)NC)CC1.I. The Kier molecular flexibility index (Phi) is 10.5. The number of carbonyl (C=O) groups is 1. The average molecular weight is 528 g/mol. The molecule has 2 rings (SSSR count). The van der Waals surface area contributed by atoms with Crippen LogP contribution in [0.4, 0.5) is 13.2 Å². The maximum atomic E-state index is 13.0. The number of amides is 1. The number of benzene rings is 1. The van der Waals surface area contributed by atoms with Crippen LogP contribution in [0.2, 0.25) is 0 Å². The molecule has 1 aliphatic heterocycles. The summed E-state index contributed by atoms with van der Waals surface area (Å²) in [6.07, 6.45) is -2.13. The molecule has 1 amide bonds. The first kappa shape index (κ1) is 25.3. The maximum absolute atomic E-state index is 13.0. The quantitative estimate of drug-likeness (QED) is 0.258. The molecule has 6 nitrogen and oxygen atoms in total. The number of guanidine groups is 1. The molecular formula is C19H28F3IN4O2. The lowest BCUT2D eigenvalue weighted by atomic mass is 9.93. The van der Waals surface area contributed by atoms with Gasteiger partial charge in [0, 0.05) is 33.6 Å². The van der Waals surface area contributed by atoms with Crippen molar-refractivity contribution in [3.8, 4) is 5.75 Å². The highest BCUT2D eigenvalue weighted by Gasteiger charge is 2.34. The number of piperidine rings is 1. The molecule has 1 saturated heterocycles. The molecule has 1 heterocycles. The van der Waals surface area contributed by atoms with Gasteiger partial charge in [-0.15, -0.1) is 24.0 Å². The number of alkyl halides is 3. The highest BCUT2D eigenvalue weighted by Crippen LogP contribution is 2.35. The number of likely N-dealkylation sites (tertiary alicyclic amines) is 1. The molecule has 0 saturated carbocycles. The summed E-state index contributed by atoms with van der Waals surface area (Å²) in [6.45, 7) is 1.97. The number of nitrogens with one attached hydrogen (secondary N) is 2. The van der Waals surface area contributed by atoms with E-state index in [0.717, 1.165) is 32.0 Å². The van der Waals surface area contributed by atoms with E-state index >= 15 is 0 Å². The van der Waals surface area contributed by atoms with Crippen molar-refractivity contribution >= 4 is 35.8 Å². The lowest BCUT2D eigenvalue weighted by Gasteiger charge is -2.34. The maximum Gasteiger partial charge on any atom is 0.419 e. The van der Waals surface area contributed by atoms with Crippen molar-refractivity contribution in [2.24, 2.45) is 10.9 Å². The second-order valence-electron chi connectivity index (χ2n) is 6.62. The van der Waals surface area contributed by atoms with Crippen molar-refractivity contribution in [1.29, 1.82) is 0 Å². The molecule has 1 aromatic carbocycles. The smallest absolute Gasteiger partial charge is 0.419 e. The van der Waals surface area contributed by atoms with Crippen molar-refractivity contribution in [1.82, 2.24) is 15.5 Å². The van der Waals surface area contributed by atoms with E-state index in [-0.39, 0.29) is 42.2 Å². The second-order valence-corrected chi connectivity index (χ2v) is 6.62. The summed E-state index contributed by atoms with van der Waals surface area (Å²) >= 11 is 0. The van der Waals surface area contributed by atoms with Gasteiger partial charge < -0.3 is 20.3 Å².